The van der Waals surface area contributed by atoms with Crippen molar-refractivity contribution in [3.63, 3.8) is 0 Å². The highest BCUT2D eigenvalue weighted by Gasteiger charge is 2.18. The van der Waals surface area contributed by atoms with Gasteiger partial charge in [0, 0.05) is 20.3 Å². The zero-order valence-electron chi connectivity index (χ0n) is 11.8. The van der Waals surface area contributed by atoms with Crippen molar-refractivity contribution in [1.29, 1.82) is 0 Å². The standard InChI is InChI=1S/C14H29NO2/c1-5-9-15-13-14(3,6-2)8-7-10-17-12-11-16-4/h6,15H,2,5,7-13H2,1,3-4H3. The van der Waals surface area contributed by atoms with Crippen LogP contribution in [0.5, 0.6) is 0 Å². The van der Waals surface area contributed by atoms with Gasteiger partial charge in [0.1, 0.15) is 0 Å². The van der Waals surface area contributed by atoms with Crippen LogP contribution in [0.4, 0.5) is 0 Å². The van der Waals surface area contributed by atoms with Gasteiger partial charge in [-0.1, -0.05) is 19.9 Å². The normalized spacial score (nSPS) is 14.5. The van der Waals surface area contributed by atoms with Gasteiger partial charge in [0.05, 0.1) is 13.2 Å². The molecule has 0 aliphatic rings. The summed E-state index contributed by atoms with van der Waals surface area (Å²) in [4.78, 5) is 0. The summed E-state index contributed by atoms with van der Waals surface area (Å²) < 4.78 is 10.4. The minimum Gasteiger partial charge on any atom is -0.382 e. The lowest BCUT2D eigenvalue weighted by molar-refractivity contribution is 0.0658. The van der Waals surface area contributed by atoms with Crippen LogP contribution in [0.25, 0.3) is 0 Å². The minimum atomic E-state index is 0.180. The fourth-order valence-electron chi connectivity index (χ4n) is 1.64. The maximum absolute atomic E-state index is 5.46. The van der Waals surface area contributed by atoms with Crippen LogP contribution in [0.2, 0.25) is 0 Å². The molecule has 3 nitrogen and oxygen atoms in total. The Kier molecular flexibility index (Phi) is 10.5. The fourth-order valence-corrected chi connectivity index (χ4v) is 1.64. The second-order valence-electron chi connectivity index (χ2n) is 4.74. The van der Waals surface area contributed by atoms with E-state index in [0.717, 1.165) is 32.5 Å². The highest BCUT2D eigenvalue weighted by Crippen LogP contribution is 2.23. The van der Waals surface area contributed by atoms with E-state index in [1.54, 1.807) is 7.11 Å². The Labute approximate surface area is 107 Å². The first kappa shape index (κ1) is 16.6. The molecule has 0 rings (SSSR count). The molecule has 0 aromatic rings. The number of hydrogen-bond acceptors (Lipinski definition) is 3. The highest BCUT2D eigenvalue weighted by atomic mass is 16.5. The van der Waals surface area contributed by atoms with Gasteiger partial charge in [0.15, 0.2) is 0 Å². The third-order valence-electron chi connectivity index (χ3n) is 2.92. The lowest BCUT2D eigenvalue weighted by Crippen LogP contribution is -2.31. The van der Waals surface area contributed by atoms with Gasteiger partial charge in [-0.2, -0.15) is 0 Å². The maximum Gasteiger partial charge on any atom is 0.0700 e. The third-order valence-corrected chi connectivity index (χ3v) is 2.92. The van der Waals surface area contributed by atoms with Gasteiger partial charge in [-0.3, -0.25) is 0 Å². The Hall–Kier alpha value is -0.380. The van der Waals surface area contributed by atoms with Crippen LogP contribution in [-0.2, 0) is 9.47 Å². The van der Waals surface area contributed by atoms with Crippen LogP contribution >= 0.6 is 0 Å². The molecule has 0 bridgehead atoms. The average molecular weight is 243 g/mol. The van der Waals surface area contributed by atoms with Crippen LogP contribution in [0.15, 0.2) is 12.7 Å². The van der Waals surface area contributed by atoms with Crippen molar-refractivity contribution in [1.82, 2.24) is 5.32 Å². The van der Waals surface area contributed by atoms with Crippen molar-refractivity contribution in [3.05, 3.63) is 12.7 Å². The molecule has 102 valence electrons. The van der Waals surface area contributed by atoms with Gasteiger partial charge in [-0.25, -0.2) is 0 Å². The van der Waals surface area contributed by atoms with E-state index in [1.807, 2.05) is 0 Å². The molecule has 0 radical (unpaired) electrons. The van der Waals surface area contributed by atoms with Crippen molar-refractivity contribution in [2.24, 2.45) is 5.41 Å². The molecule has 0 aliphatic carbocycles. The van der Waals surface area contributed by atoms with Gasteiger partial charge in [-0.05, 0) is 31.2 Å². The third kappa shape index (κ3) is 9.33. The smallest absolute Gasteiger partial charge is 0.0700 e. The molecule has 0 saturated heterocycles. The zero-order chi connectivity index (χ0) is 13.0. The lowest BCUT2D eigenvalue weighted by atomic mass is 9.85. The van der Waals surface area contributed by atoms with Gasteiger partial charge in [-0.15, -0.1) is 6.58 Å². The van der Waals surface area contributed by atoms with E-state index < -0.39 is 0 Å². The molecule has 0 aromatic carbocycles. The van der Waals surface area contributed by atoms with Crippen molar-refractivity contribution >= 4 is 0 Å². The van der Waals surface area contributed by atoms with E-state index in [1.165, 1.54) is 6.42 Å². The number of rotatable bonds is 12. The van der Waals surface area contributed by atoms with Crippen molar-refractivity contribution in [2.45, 2.75) is 33.1 Å². The highest BCUT2D eigenvalue weighted by molar-refractivity contribution is 4.92. The molecule has 1 atom stereocenters. The molecule has 0 amide bonds. The number of hydrogen-bond donors (Lipinski definition) is 1. The lowest BCUT2D eigenvalue weighted by Gasteiger charge is -2.26. The van der Waals surface area contributed by atoms with Crippen LogP contribution in [-0.4, -0.2) is 40.0 Å². The quantitative estimate of drug-likeness (QED) is 0.422. The van der Waals surface area contributed by atoms with Gasteiger partial charge < -0.3 is 14.8 Å². The molecule has 17 heavy (non-hydrogen) atoms. The maximum atomic E-state index is 5.46. The summed E-state index contributed by atoms with van der Waals surface area (Å²) >= 11 is 0. The Balaban J connectivity index is 3.60. The Morgan fingerprint density at radius 3 is 2.65 bits per heavy atom. The van der Waals surface area contributed by atoms with E-state index >= 15 is 0 Å². The Bertz CT molecular complexity index is 185. The van der Waals surface area contributed by atoms with Gasteiger partial charge >= 0.3 is 0 Å². The van der Waals surface area contributed by atoms with Crippen molar-refractivity contribution in [3.8, 4) is 0 Å². The van der Waals surface area contributed by atoms with E-state index in [4.69, 9.17) is 9.47 Å². The predicted octanol–water partition coefficient (Wildman–Crippen LogP) is 2.62. The molecule has 0 fully saturated rings. The van der Waals surface area contributed by atoms with Crippen molar-refractivity contribution < 1.29 is 9.47 Å². The van der Waals surface area contributed by atoms with Gasteiger partial charge in [0.2, 0.25) is 0 Å². The minimum absolute atomic E-state index is 0.180. The second kappa shape index (κ2) is 10.8. The second-order valence-corrected chi connectivity index (χ2v) is 4.74. The van der Waals surface area contributed by atoms with E-state index in [0.29, 0.717) is 13.2 Å². The summed E-state index contributed by atoms with van der Waals surface area (Å²) in [6, 6.07) is 0. The van der Waals surface area contributed by atoms with Crippen LogP contribution in [0.1, 0.15) is 33.1 Å². The van der Waals surface area contributed by atoms with E-state index in [2.05, 4.69) is 31.8 Å². The van der Waals surface area contributed by atoms with E-state index in [9.17, 15) is 0 Å². The molecule has 1 unspecified atom stereocenters. The molecule has 3 heteroatoms. The monoisotopic (exact) mass is 243 g/mol. The summed E-state index contributed by atoms with van der Waals surface area (Å²) in [5, 5.41) is 3.46. The molecular formula is C14H29NO2. The first-order chi connectivity index (χ1) is 8.18. The Morgan fingerprint density at radius 1 is 1.29 bits per heavy atom. The first-order valence-corrected chi connectivity index (χ1v) is 6.59. The SMILES string of the molecule is C=CC(C)(CCCOCCOC)CNCCC. The molecule has 0 heterocycles. The van der Waals surface area contributed by atoms with Crippen LogP contribution < -0.4 is 5.32 Å². The summed E-state index contributed by atoms with van der Waals surface area (Å²) in [5.41, 5.74) is 0.180. The summed E-state index contributed by atoms with van der Waals surface area (Å²) in [6.45, 7) is 12.6. The summed E-state index contributed by atoms with van der Waals surface area (Å²) in [7, 11) is 1.69. The first-order valence-electron chi connectivity index (χ1n) is 6.59. The summed E-state index contributed by atoms with van der Waals surface area (Å²) in [5.74, 6) is 0. The fraction of sp³-hybridized carbons (Fsp3) is 0.857. The topological polar surface area (TPSA) is 30.5 Å². The van der Waals surface area contributed by atoms with Gasteiger partial charge in [0.25, 0.3) is 0 Å². The number of ether oxygens (including phenoxy) is 2. The molecular weight excluding hydrogens is 214 g/mol. The Morgan fingerprint density at radius 2 is 2.06 bits per heavy atom. The molecule has 1 N–H and O–H groups in total. The van der Waals surface area contributed by atoms with Crippen LogP contribution in [0, 0.1) is 5.41 Å². The van der Waals surface area contributed by atoms with Crippen molar-refractivity contribution in [2.75, 3.05) is 40.0 Å². The van der Waals surface area contributed by atoms with Crippen LogP contribution in [0.3, 0.4) is 0 Å². The summed E-state index contributed by atoms with van der Waals surface area (Å²) in [6.07, 6.45) is 5.42. The average Bonchev–Trinajstić information content (AvgIpc) is 2.34. The zero-order valence-corrected chi connectivity index (χ0v) is 11.8. The molecule has 0 aliphatic heterocycles. The number of nitrogens with one attached hydrogen (secondary N) is 1. The number of methoxy groups -OCH3 is 1. The van der Waals surface area contributed by atoms with E-state index in [-0.39, 0.29) is 5.41 Å². The molecule has 0 saturated carbocycles. The largest absolute Gasteiger partial charge is 0.382 e. The predicted molar refractivity (Wildman–Crippen MR) is 73.4 cm³/mol. The molecule has 0 aromatic heterocycles. The molecule has 0 spiro atoms.